The van der Waals surface area contributed by atoms with Gasteiger partial charge in [0.15, 0.2) is 0 Å². The van der Waals surface area contributed by atoms with Crippen molar-refractivity contribution >= 4 is 43.2 Å². The van der Waals surface area contributed by atoms with Crippen LogP contribution in [0, 0.1) is 6.92 Å². The van der Waals surface area contributed by atoms with E-state index < -0.39 is 0 Å². The predicted octanol–water partition coefficient (Wildman–Crippen LogP) is 5.68. The van der Waals surface area contributed by atoms with Crippen molar-refractivity contribution in [3.8, 4) is 5.75 Å². The summed E-state index contributed by atoms with van der Waals surface area (Å²) in [5, 5.41) is 3.64. The second-order valence-electron chi connectivity index (χ2n) is 4.90. The molecule has 114 valence electrons. The Balaban J connectivity index is 2.40. The molecule has 1 N–H and O–H groups in total. The number of nitrogens with one attached hydrogen (secondary N) is 1. The molecule has 0 fully saturated rings. The Hall–Kier alpha value is -0.360. The molecule has 2 aromatic rings. The molecule has 1 unspecified atom stereocenters. The number of hydrogen-bond acceptors (Lipinski definition) is 3. The highest BCUT2D eigenvalue weighted by Gasteiger charge is 2.19. The molecule has 0 aliphatic heterocycles. The number of rotatable bonds is 6. The maximum atomic E-state index is 5.36. The minimum atomic E-state index is 0.187. The fraction of sp³-hybridized carbons (Fsp3) is 0.375. The zero-order valence-corrected chi connectivity index (χ0v) is 16.4. The van der Waals surface area contributed by atoms with Crippen LogP contribution >= 0.6 is 43.2 Å². The van der Waals surface area contributed by atoms with Gasteiger partial charge < -0.3 is 10.1 Å². The van der Waals surface area contributed by atoms with E-state index in [1.807, 2.05) is 6.07 Å². The molecule has 21 heavy (non-hydrogen) atoms. The Morgan fingerprint density at radius 3 is 2.57 bits per heavy atom. The van der Waals surface area contributed by atoms with Crippen molar-refractivity contribution in [2.45, 2.75) is 26.3 Å². The molecule has 5 heteroatoms. The number of thiophene rings is 1. The summed E-state index contributed by atoms with van der Waals surface area (Å²) in [6.45, 7) is 5.25. The first-order chi connectivity index (χ1) is 10.1. The lowest BCUT2D eigenvalue weighted by Crippen LogP contribution is -2.23. The molecule has 0 amide bonds. The van der Waals surface area contributed by atoms with Gasteiger partial charge in [0.1, 0.15) is 5.75 Å². The first-order valence-electron chi connectivity index (χ1n) is 6.89. The van der Waals surface area contributed by atoms with E-state index in [-0.39, 0.29) is 6.04 Å². The Labute approximate surface area is 147 Å². The number of halogens is 2. The molecule has 1 atom stereocenters. The molecule has 0 aliphatic carbocycles. The van der Waals surface area contributed by atoms with Crippen LogP contribution < -0.4 is 10.1 Å². The first kappa shape index (κ1) is 17.0. The third kappa shape index (κ3) is 4.09. The van der Waals surface area contributed by atoms with Gasteiger partial charge in [-0.25, -0.2) is 0 Å². The van der Waals surface area contributed by atoms with Gasteiger partial charge in [-0.1, -0.05) is 19.1 Å². The predicted molar refractivity (Wildman–Crippen MR) is 97.6 cm³/mol. The van der Waals surface area contributed by atoms with E-state index in [9.17, 15) is 0 Å². The van der Waals surface area contributed by atoms with Crippen LogP contribution in [-0.4, -0.2) is 13.7 Å². The Morgan fingerprint density at radius 1 is 1.29 bits per heavy atom. The summed E-state index contributed by atoms with van der Waals surface area (Å²) in [6.07, 6.45) is 1.11. The minimum Gasteiger partial charge on any atom is -0.496 e. The number of aryl methyl sites for hydroxylation is 1. The summed E-state index contributed by atoms with van der Waals surface area (Å²) in [5.74, 6) is 0.929. The topological polar surface area (TPSA) is 21.3 Å². The molecule has 0 bridgehead atoms. The van der Waals surface area contributed by atoms with E-state index in [1.54, 1.807) is 18.4 Å². The summed E-state index contributed by atoms with van der Waals surface area (Å²) < 4.78 is 7.66. The molecule has 1 heterocycles. The molecule has 1 aromatic heterocycles. The van der Waals surface area contributed by atoms with Gasteiger partial charge >= 0.3 is 0 Å². The molecule has 0 aliphatic rings. The van der Waals surface area contributed by atoms with Crippen molar-refractivity contribution in [3.05, 3.63) is 48.5 Å². The van der Waals surface area contributed by atoms with Crippen molar-refractivity contribution in [3.63, 3.8) is 0 Å². The molecule has 0 spiro atoms. The fourth-order valence-corrected chi connectivity index (χ4v) is 5.23. The second kappa shape index (κ2) is 7.77. The van der Waals surface area contributed by atoms with Crippen molar-refractivity contribution < 1.29 is 4.74 Å². The number of ether oxygens (including phenoxy) is 1. The van der Waals surface area contributed by atoms with E-state index in [2.05, 4.69) is 69.2 Å². The van der Waals surface area contributed by atoms with Gasteiger partial charge in [0.25, 0.3) is 0 Å². The molecule has 2 nitrogen and oxygen atoms in total. The lowest BCUT2D eigenvalue weighted by atomic mass is 9.99. The van der Waals surface area contributed by atoms with E-state index in [0.29, 0.717) is 0 Å². The van der Waals surface area contributed by atoms with Gasteiger partial charge in [-0.15, -0.1) is 11.3 Å². The maximum absolute atomic E-state index is 5.36. The molecular weight excluding hydrogens is 414 g/mol. The largest absolute Gasteiger partial charge is 0.496 e. The smallest absolute Gasteiger partial charge is 0.121 e. The normalized spacial score (nSPS) is 12.4. The molecule has 2 rings (SSSR count). The average molecular weight is 433 g/mol. The highest BCUT2D eigenvalue weighted by atomic mass is 79.9. The number of hydrogen-bond donors (Lipinski definition) is 1. The van der Waals surface area contributed by atoms with Crippen molar-refractivity contribution in [1.29, 1.82) is 0 Å². The summed E-state index contributed by atoms with van der Waals surface area (Å²) in [5.41, 5.74) is 3.68. The van der Waals surface area contributed by atoms with Crippen molar-refractivity contribution in [2.75, 3.05) is 13.7 Å². The van der Waals surface area contributed by atoms with Gasteiger partial charge in [-0.3, -0.25) is 0 Å². The third-order valence-electron chi connectivity index (χ3n) is 3.34. The standard InChI is InChI=1S/C16H19Br2NOS/c1-4-7-19-15(12-9-14(17)21-16(12)18)11-5-6-13(20-3)10(2)8-11/h5-6,8-9,15,19H,4,7H2,1-3H3. The lowest BCUT2D eigenvalue weighted by Gasteiger charge is -2.20. The summed E-state index contributed by atoms with van der Waals surface area (Å²) >= 11 is 8.95. The third-order valence-corrected chi connectivity index (χ3v) is 5.73. The quantitative estimate of drug-likeness (QED) is 0.633. The minimum absolute atomic E-state index is 0.187. The SMILES string of the molecule is CCCNC(c1ccc(OC)c(C)c1)c1cc(Br)sc1Br. The van der Waals surface area contributed by atoms with E-state index in [1.165, 1.54) is 11.1 Å². The van der Waals surface area contributed by atoms with Crippen LogP contribution in [0.15, 0.2) is 31.8 Å². The van der Waals surface area contributed by atoms with Crippen LogP contribution in [0.25, 0.3) is 0 Å². The summed E-state index contributed by atoms with van der Waals surface area (Å²) in [4.78, 5) is 0. The zero-order chi connectivity index (χ0) is 15.4. The molecule has 1 aromatic carbocycles. The lowest BCUT2D eigenvalue weighted by molar-refractivity contribution is 0.411. The van der Waals surface area contributed by atoms with Crippen molar-refractivity contribution in [1.82, 2.24) is 5.32 Å². The second-order valence-corrected chi connectivity index (χ2v) is 8.65. The Kier molecular flexibility index (Phi) is 6.29. The van der Waals surface area contributed by atoms with Crippen LogP contribution in [0.1, 0.15) is 36.1 Å². The van der Waals surface area contributed by atoms with Crippen LogP contribution in [0.5, 0.6) is 5.75 Å². The highest BCUT2D eigenvalue weighted by Crippen LogP contribution is 2.38. The van der Waals surface area contributed by atoms with Gasteiger partial charge in [-0.2, -0.15) is 0 Å². The molecular formula is C16H19Br2NOS. The molecule has 0 radical (unpaired) electrons. The summed E-state index contributed by atoms with van der Waals surface area (Å²) in [7, 11) is 1.71. The molecule has 0 saturated carbocycles. The first-order valence-corrected chi connectivity index (χ1v) is 9.29. The number of benzene rings is 1. The maximum Gasteiger partial charge on any atom is 0.121 e. The van der Waals surface area contributed by atoms with E-state index >= 15 is 0 Å². The van der Waals surface area contributed by atoms with Crippen LogP contribution in [0.3, 0.4) is 0 Å². The van der Waals surface area contributed by atoms with Gasteiger partial charge in [0.05, 0.1) is 20.7 Å². The van der Waals surface area contributed by atoms with Crippen LogP contribution in [-0.2, 0) is 0 Å². The zero-order valence-electron chi connectivity index (χ0n) is 12.4. The van der Waals surface area contributed by atoms with E-state index in [4.69, 9.17) is 4.74 Å². The van der Waals surface area contributed by atoms with Crippen LogP contribution in [0.4, 0.5) is 0 Å². The van der Waals surface area contributed by atoms with Gasteiger partial charge in [0, 0.05) is 0 Å². The number of methoxy groups -OCH3 is 1. The van der Waals surface area contributed by atoms with E-state index in [0.717, 1.165) is 31.9 Å². The van der Waals surface area contributed by atoms with Gasteiger partial charge in [-0.05, 0) is 80.6 Å². The average Bonchev–Trinajstić information content (AvgIpc) is 2.78. The fourth-order valence-electron chi connectivity index (χ4n) is 2.33. The summed E-state index contributed by atoms with van der Waals surface area (Å²) in [6, 6.07) is 8.75. The van der Waals surface area contributed by atoms with Gasteiger partial charge in [0.2, 0.25) is 0 Å². The van der Waals surface area contributed by atoms with Crippen molar-refractivity contribution in [2.24, 2.45) is 0 Å². The van der Waals surface area contributed by atoms with Crippen LogP contribution in [0.2, 0.25) is 0 Å². The molecule has 0 saturated heterocycles. The monoisotopic (exact) mass is 431 g/mol. The Bertz CT molecular complexity index is 612. The Morgan fingerprint density at radius 2 is 2.05 bits per heavy atom. The highest BCUT2D eigenvalue weighted by molar-refractivity contribution is 9.12.